The van der Waals surface area contributed by atoms with Crippen molar-refractivity contribution in [1.82, 2.24) is 5.32 Å². The molecule has 0 saturated heterocycles. The van der Waals surface area contributed by atoms with Crippen LogP contribution in [-0.4, -0.2) is 12.6 Å². The summed E-state index contributed by atoms with van der Waals surface area (Å²) < 4.78 is 14.0. The summed E-state index contributed by atoms with van der Waals surface area (Å²) >= 11 is 5.84. The van der Waals surface area contributed by atoms with Gasteiger partial charge in [-0.3, -0.25) is 0 Å². The summed E-state index contributed by atoms with van der Waals surface area (Å²) in [6, 6.07) is 5.84. The summed E-state index contributed by atoms with van der Waals surface area (Å²) in [5.74, 6) is 1.18. The average Bonchev–Trinajstić information content (AvgIpc) is 3.09. The first-order valence-electron chi connectivity index (χ1n) is 7.89. The van der Waals surface area contributed by atoms with E-state index in [-0.39, 0.29) is 5.82 Å². The van der Waals surface area contributed by atoms with Crippen LogP contribution < -0.4 is 5.32 Å². The van der Waals surface area contributed by atoms with Gasteiger partial charge in [0.05, 0.1) is 0 Å². The molecule has 1 atom stereocenters. The van der Waals surface area contributed by atoms with Crippen molar-refractivity contribution in [3.05, 3.63) is 34.6 Å². The highest BCUT2D eigenvalue weighted by atomic mass is 35.5. The molecule has 0 amide bonds. The minimum Gasteiger partial charge on any atom is -0.314 e. The zero-order valence-corrected chi connectivity index (χ0v) is 12.6. The van der Waals surface area contributed by atoms with Crippen LogP contribution in [0, 0.1) is 17.7 Å². The van der Waals surface area contributed by atoms with E-state index in [9.17, 15) is 4.39 Å². The number of benzene rings is 1. The van der Waals surface area contributed by atoms with Gasteiger partial charge in [0.1, 0.15) is 5.82 Å². The fourth-order valence-electron chi connectivity index (χ4n) is 3.41. The van der Waals surface area contributed by atoms with Crippen LogP contribution in [0.25, 0.3) is 0 Å². The predicted octanol–water partition coefficient (Wildman–Crippen LogP) is 4.58. The zero-order chi connectivity index (χ0) is 13.9. The third-order valence-corrected chi connectivity index (χ3v) is 5.04. The first kappa shape index (κ1) is 14.3. The molecule has 0 spiro atoms. The van der Waals surface area contributed by atoms with E-state index in [1.54, 1.807) is 6.07 Å². The molecule has 0 aliphatic heterocycles. The van der Waals surface area contributed by atoms with Gasteiger partial charge in [0.2, 0.25) is 0 Å². The van der Waals surface area contributed by atoms with Gasteiger partial charge in [-0.1, -0.05) is 43.4 Å². The van der Waals surface area contributed by atoms with E-state index in [1.165, 1.54) is 44.6 Å². The van der Waals surface area contributed by atoms with Crippen molar-refractivity contribution >= 4 is 11.6 Å². The normalized spacial score (nSPS) is 21.3. The molecule has 0 radical (unpaired) electrons. The summed E-state index contributed by atoms with van der Waals surface area (Å²) in [4.78, 5) is 0. The summed E-state index contributed by atoms with van der Waals surface area (Å²) in [6.45, 7) is 1.04. The minimum absolute atomic E-state index is 0.146. The fourth-order valence-corrected chi connectivity index (χ4v) is 3.57. The quantitative estimate of drug-likeness (QED) is 0.810. The first-order chi connectivity index (χ1) is 9.72. The van der Waals surface area contributed by atoms with Gasteiger partial charge in [0.15, 0.2) is 0 Å². The third kappa shape index (κ3) is 3.73. The second-order valence-electron chi connectivity index (χ2n) is 6.43. The SMILES string of the molecule is Fc1cc(Cl)ccc1CC(CNC1CC1)C1CCCC1. The molecule has 0 aromatic heterocycles. The Hall–Kier alpha value is -0.600. The van der Waals surface area contributed by atoms with E-state index in [1.807, 2.05) is 6.07 Å². The summed E-state index contributed by atoms with van der Waals surface area (Å²) in [5.41, 5.74) is 0.823. The van der Waals surface area contributed by atoms with Gasteiger partial charge in [-0.25, -0.2) is 4.39 Å². The zero-order valence-electron chi connectivity index (χ0n) is 11.9. The molecular formula is C17H23ClFN. The molecule has 0 bridgehead atoms. The smallest absolute Gasteiger partial charge is 0.127 e. The maximum atomic E-state index is 14.0. The number of nitrogens with one attached hydrogen (secondary N) is 1. The molecule has 1 aromatic carbocycles. The van der Waals surface area contributed by atoms with Gasteiger partial charge >= 0.3 is 0 Å². The molecule has 2 saturated carbocycles. The molecule has 2 aliphatic carbocycles. The molecule has 1 N–H and O–H groups in total. The second kappa shape index (κ2) is 6.44. The largest absolute Gasteiger partial charge is 0.314 e. The Labute approximate surface area is 125 Å². The summed E-state index contributed by atoms with van der Waals surface area (Å²) in [6.07, 6.45) is 8.77. The Morgan fingerprint density at radius 2 is 1.95 bits per heavy atom. The first-order valence-corrected chi connectivity index (χ1v) is 8.27. The van der Waals surface area contributed by atoms with E-state index < -0.39 is 0 Å². The molecule has 0 heterocycles. The monoisotopic (exact) mass is 295 g/mol. The minimum atomic E-state index is -0.146. The highest BCUT2D eigenvalue weighted by Crippen LogP contribution is 2.34. The molecule has 1 unspecified atom stereocenters. The molecule has 1 nitrogen and oxygen atoms in total. The predicted molar refractivity (Wildman–Crippen MR) is 81.6 cm³/mol. The van der Waals surface area contributed by atoms with E-state index in [4.69, 9.17) is 11.6 Å². The van der Waals surface area contributed by atoms with Crippen molar-refractivity contribution in [2.75, 3.05) is 6.54 Å². The van der Waals surface area contributed by atoms with Crippen molar-refractivity contribution in [3.8, 4) is 0 Å². The van der Waals surface area contributed by atoms with Gasteiger partial charge in [-0.05, 0) is 55.3 Å². The van der Waals surface area contributed by atoms with Crippen LogP contribution in [0.5, 0.6) is 0 Å². The topological polar surface area (TPSA) is 12.0 Å². The number of halogens is 2. The van der Waals surface area contributed by atoms with Crippen LogP contribution in [0.3, 0.4) is 0 Å². The van der Waals surface area contributed by atoms with Crippen molar-refractivity contribution in [2.24, 2.45) is 11.8 Å². The van der Waals surface area contributed by atoms with Gasteiger partial charge in [-0.2, -0.15) is 0 Å². The van der Waals surface area contributed by atoms with Crippen LogP contribution in [0.2, 0.25) is 5.02 Å². The number of hydrogen-bond acceptors (Lipinski definition) is 1. The second-order valence-corrected chi connectivity index (χ2v) is 6.86. The maximum Gasteiger partial charge on any atom is 0.127 e. The van der Waals surface area contributed by atoms with Gasteiger partial charge < -0.3 is 5.32 Å². The van der Waals surface area contributed by atoms with Crippen LogP contribution in [-0.2, 0) is 6.42 Å². The fraction of sp³-hybridized carbons (Fsp3) is 0.647. The van der Waals surface area contributed by atoms with E-state index >= 15 is 0 Å². The lowest BCUT2D eigenvalue weighted by Gasteiger charge is -2.24. The maximum absolute atomic E-state index is 14.0. The Kier molecular flexibility index (Phi) is 4.62. The molecule has 110 valence electrons. The lowest BCUT2D eigenvalue weighted by atomic mass is 9.85. The lowest BCUT2D eigenvalue weighted by molar-refractivity contribution is 0.317. The third-order valence-electron chi connectivity index (χ3n) is 4.81. The van der Waals surface area contributed by atoms with Crippen LogP contribution in [0.4, 0.5) is 4.39 Å². The van der Waals surface area contributed by atoms with Crippen LogP contribution in [0.15, 0.2) is 18.2 Å². The van der Waals surface area contributed by atoms with Crippen LogP contribution >= 0.6 is 11.6 Å². The molecule has 1 aromatic rings. The molecule has 3 heteroatoms. The molecule has 20 heavy (non-hydrogen) atoms. The Bertz CT molecular complexity index is 452. The number of hydrogen-bond donors (Lipinski definition) is 1. The Balaban J connectivity index is 1.66. The number of rotatable bonds is 6. The van der Waals surface area contributed by atoms with Crippen LogP contribution in [0.1, 0.15) is 44.1 Å². The van der Waals surface area contributed by atoms with Crippen molar-refractivity contribution in [2.45, 2.75) is 51.0 Å². The van der Waals surface area contributed by atoms with E-state index in [2.05, 4.69) is 5.32 Å². The van der Waals surface area contributed by atoms with Gasteiger partial charge in [0.25, 0.3) is 0 Å². The molecular weight excluding hydrogens is 273 g/mol. The lowest BCUT2D eigenvalue weighted by Crippen LogP contribution is -2.30. The van der Waals surface area contributed by atoms with Crippen molar-refractivity contribution < 1.29 is 4.39 Å². The molecule has 2 fully saturated rings. The Morgan fingerprint density at radius 1 is 1.20 bits per heavy atom. The molecule has 2 aliphatic rings. The average molecular weight is 296 g/mol. The standard InChI is InChI=1S/C17H23ClFN/c18-15-6-5-13(17(19)10-15)9-14(11-20-16-7-8-16)12-3-1-2-4-12/h5-6,10,12,14,16,20H,1-4,7-9,11H2. The summed E-state index contributed by atoms with van der Waals surface area (Å²) in [5, 5.41) is 4.12. The highest BCUT2D eigenvalue weighted by molar-refractivity contribution is 6.30. The van der Waals surface area contributed by atoms with Crippen molar-refractivity contribution in [3.63, 3.8) is 0 Å². The molecule has 3 rings (SSSR count). The van der Waals surface area contributed by atoms with Gasteiger partial charge in [-0.15, -0.1) is 0 Å². The highest BCUT2D eigenvalue weighted by Gasteiger charge is 2.28. The van der Waals surface area contributed by atoms with E-state index in [0.29, 0.717) is 10.9 Å². The Morgan fingerprint density at radius 3 is 2.60 bits per heavy atom. The van der Waals surface area contributed by atoms with Crippen molar-refractivity contribution in [1.29, 1.82) is 0 Å². The van der Waals surface area contributed by atoms with E-state index in [0.717, 1.165) is 30.5 Å². The summed E-state index contributed by atoms with van der Waals surface area (Å²) in [7, 11) is 0. The van der Waals surface area contributed by atoms with Gasteiger partial charge in [0, 0.05) is 11.1 Å².